The molecule has 1 aliphatic rings. The molecule has 3 aromatic carbocycles. The van der Waals surface area contributed by atoms with E-state index >= 15 is 0 Å². The van der Waals surface area contributed by atoms with E-state index in [1.165, 1.54) is 57.0 Å². The number of halogens is 2. The number of allylic oxidation sites excluding steroid dienone is 4. The summed E-state index contributed by atoms with van der Waals surface area (Å²) >= 11 is 1.84. The summed E-state index contributed by atoms with van der Waals surface area (Å²) in [4.78, 5) is 0. The monoisotopic (exact) mass is 600 g/mol. The van der Waals surface area contributed by atoms with Gasteiger partial charge in [-0.1, -0.05) is 75.6 Å². The Morgan fingerprint density at radius 2 is 1.49 bits per heavy atom. The fourth-order valence-electron chi connectivity index (χ4n) is 4.14. The molecule has 0 saturated heterocycles. The number of rotatable bonds is 5. The maximum absolute atomic E-state index is 3.36. The molecule has 0 nitrogen and oxygen atoms in total. The van der Waals surface area contributed by atoms with Crippen molar-refractivity contribution < 1.29 is 48.1 Å². The van der Waals surface area contributed by atoms with Crippen molar-refractivity contribution in [2.24, 2.45) is 5.92 Å². The van der Waals surface area contributed by atoms with Crippen molar-refractivity contribution in [2.45, 2.75) is 73.4 Å². The van der Waals surface area contributed by atoms with Gasteiger partial charge in [-0.25, -0.2) is 5.57 Å². The van der Waals surface area contributed by atoms with Crippen molar-refractivity contribution in [2.75, 3.05) is 0 Å². The molecule has 1 aliphatic carbocycles. The minimum absolute atomic E-state index is 0. The molecule has 188 valence electrons. The van der Waals surface area contributed by atoms with Crippen LogP contribution in [0.15, 0.2) is 77.4 Å². The van der Waals surface area contributed by atoms with E-state index in [0.717, 1.165) is 0 Å². The van der Waals surface area contributed by atoms with Gasteiger partial charge >= 0.3 is 67.5 Å². The minimum atomic E-state index is 0. The van der Waals surface area contributed by atoms with Crippen molar-refractivity contribution in [3.63, 3.8) is 0 Å². The molecule has 0 heterocycles. The van der Waals surface area contributed by atoms with E-state index in [1.54, 1.807) is 12.1 Å². The molecule has 0 amide bonds. The third-order valence-electron chi connectivity index (χ3n) is 6.32. The number of hydrogen-bond donors (Lipinski definition) is 0. The second kappa shape index (κ2) is 17.6. The number of benzene rings is 2. The first-order valence-corrected chi connectivity index (χ1v) is 17.9. The summed E-state index contributed by atoms with van der Waals surface area (Å²) < 4.78 is 0. The van der Waals surface area contributed by atoms with Crippen LogP contribution in [0.5, 0.6) is 0 Å². The molecule has 0 fully saturated rings. The molecule has 0 aromatic heterocycles. The molecule has 1 unspecified atom stereocenters. The Balaban J connectivity index is 0.000000528. The van der Waals surface area contributed by atoms with E-state index in [2.05, 4.69) is 115 Å². The first-order valence-electron chi connectivity index (χ1n) is 12.3. The van der Waals surface area contributed by atoms with Gasteiger partial charge in [0.2, 0.25) is 0 Å². The van der Waals surface area contributed by atoms with Crippen LogP contribution in [0.25, 0.3) is 21.9 Å². The SMILES string of the molecule is CC1=[C-]C(C)C(C)=C1C.CCC[Si](=[Zr+2])CCC.Cc1cc2c(-c3ccccc3)cccc2[cH-]1.[Cl-].[Cl-]. The predicted octanol–water partition coefficient (Wildman–Crippen LogP) is 3.61. The van der Waals surface area contributed by atoms with Crippen LogP contribution in [0.2, 0.25) is 12.1 Å². The van der Waals surface area contributed by atoms with Gasteiger partial charge in [0.15, 0.2) is 0 Å². The smallest absolute Gasteiger partial charge is 0.0279 e. The molecule has 4 rings (SSSR count). The summed E-state index contributed by atoms with van der Waals surface area (Å²) in [6.45, 7) is 15.4. The molecule has 1 atom stereocenters. The van der Waals surface area contributed by atoms with E-state index in [9.17, 15) is 0 Å². The quantitative estimate of drug-likeness (QED) is 0.309. The van der Waals surface area contributed by atoms with Crippen LogP contribution in [0, 0.1) is 18.9 Å². The summed E-state index contributed by atoms with van der Waals surface area (Å²) in [6.07, 6.45) is 6.19. The second-order valence-corrected chi connectivity index (χ2v) is 16.5. The molecular formula is C31H40Cl2SiZr-2. The van der Waals surface area contributed by atoms with Gasteiger partial charge in [0.25, 0.3) is 0 Å². The van der Waals surface area contributed by atoms with E-state index in [0.29, 0.717) is 5.92 Å². The summed E-state index contributed by atoms with van der Waals surface area (Å²) in [5.41, 5.74) is 8.39. The van der Waals surface area contributed by atoms with E-state index in [4.69, 9.17) is 0 Å². The summed E-state index contributed by atoms with van der Waals surface area (Å²) in [6, 6.07) is 24.7. The van der Waals surface area contributed by atoms with Crippen LogP contribution in [-0.2, 0) is 23.3 Å². The first kappa shape index (κ1) is 34.2. The predicted molar refractivity (Wildman–Crippen MR) is 146 cm³/mol. The molecule has 35 heavy (non-hydrogen) atoms. The molecule has 3 aromatic rings. The van der Waals surface area contributed by atoms with Crippen molar-refractivity contribution in [1.29, 1.82) is 0 Å². The fourth-order valence-corrected chi connectivity index (χ4v) is 9.29. The van der Waals surface area contributed by atoms with Crippen molar-refractivity contribution in [1.82, 2.24) is 0 Å². The Labute approximate surface area is 242 Å². The Hall–Kier alpha value is -0.790. The van der Waals surface area contributed by atoms with Crippen LogP contribution in [0.4, 0.5) is 0 Å². The van der Waals surface area contributed by atoms with Gasteiger partial charge in [0.1, 0.15) is 0 Å². The zero-order valence-corrected chi connectivity index (χ0v) is 27.4. The van der Waals surface area contributed by atoms with Crippen LogP contribution >= 0.6 is 0 Å². The standard InChI is InChI=1S/C16H13.C9H13.C6H14Si.2ClH.Zr/c1-12-10-14-8-5-9-15(16(14)11-12)13-6-3-2-4-7-13;1-6-5-7(2)9(4)8(6)3;1-3-5-7-6-4-2;;;/h2-11H,1H3;6H,1-4H3;3-6H2,1-2H3;2*1H;/q2*-1;;;;+2/p-2. The van der Waals surface area contributed by atoms with E-state index in [1.807, 2.05) is 23.3 Å². The van der Waals surface area contributed by atoms with Crippen molar-refractivity contribution in [3.8, 4) is 11.1 Å². The van der Waals surface area contributed by atoms with Gasteiger partial charge < -0.3 is 24.8 Å². The van der Waals surface area contributed by atoms with Gasteiger partial charge in [-0.05, 0) is 5.56 Å². The molecule has 0 N–H and O–H groups in total. The Kier molecular flexibility index (Phi) is 17.2. The first-order chi connectivity index (χ1) is 15.8. The van der Waals surface area contributed by atoms with Crippen molar-refractivity contribution >= 4 is 16.2 Å². The van der Waals surface area contributed by atoms with Crippen LogP contribution < -0.4 is 24.8 Å². The minimum Gasteiger partial charge on any atom is -1.00 e. The van der Waals surface area contributed by atoms with Crippen LogP contribution in [0.1, 0.15) is 59.9 Å². The molecular weight excluding hydrogens is 563 g/mol. The molecule has 0 bridgehead atoms. The number of aryl methyl sites for hydroxylation is 1. The Morgan fingerprint density at radius 1 is 0.886 bits per heavy atom. The average Bonchev–Trinajstić information content (AvgIpc) is 3.29. The van der Waals surface area contributed by atoms with Crippen LogP contribution in [-0.4, -0.2) is 5.43 Å². The second-order valence-electron chi connectivity index (χ2n) is 9.11. The number of fused-ring (bicyclic) bond motifs is 1. The average molecular weight is 603 g/mol. The molecule has 4 heteroatoms. The van der Waals surface area contributed by atoms with E-state index < -0.39 is 0 Å². The van der Waals surface area contributed by atoms with Gasteiger partial charge in [-0.15, -0.1) is 41.5 Å². The summed E-state index contributed by atoms with van der Waals surface area (Å²) in [5, 5.41) is 2.69. The summed E-state index contributed by atoms with van der Waals surface area (Å²) in [7, 11) is 0. The van der Waals surface area contributed by atoms with Gasteiger partial charge in [0.05, 0.1) is 0 Å². The topological polar surface area (TPSA) is 0 Å². The fraction of sp³-hybridized carbons (Fsp3) is 0.387. The molecule has 0 saturated carbocycles. The zero-order chi connectivity index (χ0) is 24.4. The summed E-state index contributed by atoms with van der Waals surface area (Å²) in [5.74, 6) is 0.560. The zero-order valence-electron chi connectivity index (χ0n) is 22.4. The van der Waals surface area contributed by atoms with Gasteiger partial charge in [-0.2, -0.15) is 17.2 Å². The number of hydrogen-bond acceptors (Lipinski definition) is 0. The van der Waals surface area contributed by atoms with Crippen molar-refractivity contribution in [3.05, 3.63) is 89.0 Å². The largest absolute Gasteiger partial charge is 1.00 e. The van der Waals surface area contributed by atoms with E-state index in [-0.39, 0.29) is 30.2 Å². The molecule has 0 radical (unpaired) electrons. The third-order valence-corrected chi connectivity index (χ3v) is 12.2. The molecule has 0 spiro atoms. The maximum Gasteiger partial charge on any atom is -0.0279 e. The third kappa shape index (κ3) is 10.6. The Morgan fingerprint density at radius 3 is 1.94 bits per heavy atom. The van der Waals surface area contributed by atoms with Gasteiger partial charge in [-0.3, -0.25) is 6.08 Å². The normalized spacial score (nSPS) is 14.1. The molecule has 0 aliphatic heterocycles. The maximum atomic E-state index is 3.36. The van der Waals surface area contributed by atoms with Crippen LogP contribution in [0.3, 0.4) is 0 Å². The Bertz CT molecular complexity index is 1100. The van der Waals surface area contributed by atoms with Gasteiger partial charge in [0, 0.05) is 0 Å².